The third-order valence-corrected chi connectivity index (χ3v) is 4.58. The molecule has 1 atom stereocenters. The van der Waals surface area contributed by atoms with Gasteiger partial charge in [-0.25, -0.2) is 18.1 Å². The van der Waals surface area contributed by atoms with Crippen LogP contribution in [-0.2, 0) is 14.8 Å². The first kappa shape index (κ1) is 17.9. The van der Waals surface area contributed by atoms with Crippen molar-refractivity contribution in [2.24, 2.45) is 5.92 Å². The summed E-state index contributed by atoms with van der Waals surface area (Å²) in [7, 11) is -2.09. The average Bonchev–Trinajstić information content (AvgIpc) is 2.44. The van der Waals surface area contributed by atoms with Gasteiger partial charge in [0.25, 0.3) is 0 Å². The highest BCUT2D eigenvalue weighted by Crippen LogP contribution is 2.19. The van der Waals surface area contributed by atoms with Crippen LogP contribution in [0, 0.1) is 5.92 Å². The van der Waals surface area contributed by atoms with Gasteiger partial charge in [0.1, 0.15) is 10.7 Å². The molecule has 0 aliphatic heterocycles. The minimum Gasteiger partial charge on any atom is -0.383 e. The zero-order valence-corrected chi connectivity index (χ0v) is 13.9. The van der Waals surface area contributed by atoms with Crippen LogP contribution in [0.25, 0.3) is 0 Å². The van der Waals surface area contributed by atoms with Gasteiger partial charge in [0.05, 0.1) is 6.61 Å². The van der Waals surface area contributed by atoms with Gasteiger partial charge in [-0.1, -0.05) is 20.8 Å². The van der Waals surface area contributed by atoms with Gasteiger partial charge >= 0.3 is 0 Å². The molecule has 0 saturated carbocycles. The molecule has 1 rings (SSSR count). The number of aromatic nitrogens is 1. The molecule has 0 bridgehead atoms. The highest BCUT2D eigenvalue weighted by molar-refractivity contribution is 7.89. The fourth-order valence-electron chi connectivity index (χ4n) is 1.79. The second-order valence-corrected chi connectivity index (χ2v) is 6.89. The van der Waals surface area contributed by atoms with Crippen molar-refractivity contribution in [3.63, 3.8) is 0 Å². The van der Waals surface area contributed by atoms with E-state index in [1.165, 1.54) is 0 Å². The first-order valence-corrected chi connectivity index (χ1v) is 8.60. The second kappa shape index (κ2) is 8.31. The predicted octanol–water partition coefficient (Wildman–Crippen LogP) is 1.85. The first-order valence-electron chi connectivity index (χ1n) is 7.12. The molecule has 2 N–H and O–H groups in total. The van der Waals surface area contributed by atoms with Crippen LogP contribution in [0.5, 0.6) is 0 Å². The number of rotatable bonds is 9. The number of nitrogens with zero attached hydrogens (tertiary/aromatic N) is 1. The summed E-state index contributed by atoms with van der Waals surface area (Å²) in [5.74, 6) is 0.509. The monoisotopic (exact) mass is 315 g/mol. The summed E-state index contributed by atoms with van der Waals surface area (Å²) in [6.45, 7) is 6.91. The second-order valence-electron chi connectivity index (χ2n) is 5.20. The lowest BCUT2D eigenvalue weighted by Crippen LogP contribution is -2.41. The van der Waals surface area contributed by atoms with Crippen LogP contribution >= 0.6 is 0 Å². The van der Waals surface area contributed by atoms with Gasteiger partial charge < -0.3 is 10.1 Å². The molecular formula is C14H25N3O3S. The average molecular weight is 315 g/mol. The van der Waals surface area contributed by atoms with Crippen molar-refractivity contribution in [1.82, 2.24) is 9.71 Å². The lowest BCUT2D eigenvalue weighted by atomic mass is 10.1. The van der Waals surface area contributed by atoms with Crippen LogP contribution in [-0.4, -0.2) is 39.7 Å². The minimum absolute atomic E-state index is 0.128. The molecule has 0 amide bonds. The molecule has 1 aromatic rings. The summed E-state index contributed by atoms with van der Waals surface area (Å²) in [5.41, 5.74) is 0. The number of nitrogens with one attached hydrogen (secondary N) is 2. The van der Waals surface area contributed by atoms with E-state index in [9.17, 15) is 8.42 Å². The third-order valence-electron chi connectivity index (χ3n) is 3.06. The molecule has 0 fully saturated rings. The van der Waals surface area contributed by atoms with Crippen molar-refractivity contribution < 1.29 is 13.2 Å². The van der Waals surface area contributed by atoms with Gasteiger partial charge in [0.15, 0.2) is 0 Å². The Hall–Kier alpha value is -1.18. The SMILES string of the molecule is CCCNc1ncccc1S(=O)(=O)NC(COC)C(C)C. The Morgan fingerprint density at radius 2 is 2.10 bits per heavy atom. The summed E-state index contributed by atoms with van der Waals surface area (Å²) in [6.07, 6.45) is 2.47. The number of pyridine rings is 1. The fraction of sp³-hybridized carbons (Fsp3) is 0.643. The first-order chi connectivity index (χ1) is 9.92. The molecule has 0 radical (unpaired) electrons. The van der Waals surface area contributed by atoms with E-state index in [0.717, 1.165) is 6.42 Å². The molecule has 21 heavy (non-hydrogen) atoms. The molecule has 1 aromatic heterocycles. The Balaban J connectivity index is 3.01. The molecule has 0 aliphatic rings. The predicted molar refractivity (Wildman–Crippen MR) is 83.8 cm³/mol. The van der Waals surface area contributed by atoms with Crippen LogP contribution in [0.1, 0.15) is 27.2 Å². The van der Waals surface area contributed by atoms with E-state index in [0.29, 0.717) is 19.0 Å². The molecule has 7 heteroatoms. The van der Waals surface area contributed by atoms with Crippen molar-refractivity contribution in [1.29, 1.82) is 0 Å². The lowest BCUT2D eigenvalue weighted by molar-refractivity contribution is 0.157. The van der Waals surface area contributed by atoms with E-state index in [1.54, 1.807) is 25.4 Å². The number of sulfonamides is 1. The van der Waals surface area contributed by atoms with E-state index in [-0.39, 0.29) is 16.9 Å². The highest BCUT2D eigenvalue weighted by atomic mass is 32.2. The zero-order chi connectivity index (χ0) is 15.9. The lowest BCUT2D eigenvalue weighted by Gasteiger charge is -2.22. The van der Waals surface area contributed by atoms with Gasteiger partial charge in [-0.3, -0.25) is 0 Å². The Labute approximate surface area is 127 Å². The topological polar surface area (TPSA) is 80.3 Å². The summed E-state index contributed by atoms with van der Waals surface area (Å²) in [6, 6.07) is 2.89. The molecule has 1 heterocycles. The van der Waals surface area contributed by atoms with Crippen molar-refractivity contribution >= 4 is 15.8 Å². The number of ether oxygens (including phenoxy) is 1. The van der Waals surface area contributed by atoms with Crippen molar-refractivity contribution in [3.8, 4) is 0 Å². The molecule has 6 nitrogen and oxygen atoms in total. The molecule has 0 aromatic carbocycles. The van der Waals surface area contributed by atoms with E-state index in [4.69, 9.17) is 4.74 Å². The Kier molecular flexibility index (Phi) is 7.07. The summed E-state index contributed by atoms with van der Waals surface area (Å²) in [4.78, 5) is 4.29. The summed E-state index contributed by atoms with van der Waals surface area (Å²) >= 11 is 0. The normalized spacial score (nSPS) is 13.4. The molecular weight excluding hydrogens is 290 g/mol. The van der Waals surface area contributed by atoms with Gasteiger partial charge in [-0.2, -0.15) is 0 Å². The molecule has 1 unspecified atom stereocenters. The van der Waals surface area contributed by atoms with Gasteiger partial charge in [0.2, 0.25) is 10.0 Å². The van der Waals surface area contributed by atoms with E-state index < -0.39 is 10.0 Å². The van der Waals surface area contributed by atoms with Crippen LogP contribution in [0.4, 0.5) is 5.82 Å². The third kappa shape index (κ3) is 5.26. The number of anilines is 1. The van der Waals surface area contributed by atoms with E-state index in [1.807, 2.05) is 20.8 Å². The van der Waals surface area contributed by atoms with Crippen molar-refractivity contribution in [3.05, 3.63) is 18.3 Å². The quantitative estimate of drug-likeness (QED) is 0.727. The van der Waals surface area contributed by atoms with Crippen molar-refractivity contribution in [2.75, 3.05) is 25.6 Å². The molecule has 0 spiro atoms. The Morgan fingerprint density at radius 1 is 1.38 bits per heavy atom. The number of hydrogen-bond donors (Lipinski definition) is 2. The van der Waals surface area contributed by atoms with Gasteiger partial charge in [0, 0.05) is 25.9 Å². The zero-order valence-electron chi connectivity index (χ0n) is 13.1. The van der Waals surface area contributed by atoms with Crippen molar-refractivity contribution in [2.45, 2.75) is 38.1 Å². The standard InChI is InChI=1S/C14H25N3O3S/c1-5-8-15-14-13(7-6-9-16-14)21(18,19)17-12(10-20-4)11(2)3/h6-7,9,11-12,17H,5,8,10H2,1-4H3,(H,15,16). The Bertz CT molecular complexity index is 532. The van der Waals surface area contributed by atoms with Gasteiger partial charge in [-0.15, -0.1) is 0 Å². The maximum atomic E-state index is 12.6. The van der Waals surface area contributed by atoms with Crippen LogP contribution in [0.2, 0.25) is 0 Å². The van der Waals surface area contributed by atoms with Crippen LogP contribution < -0.4 is 10.0 Å². The smallest absolute Gasteiger partial charge is 0.244 e. The largest absolute Gasteiger partial charge is 0.383 e. The van der Waals surface area contributed by atoms with E-state index >= 15 is 0 Å². The fourth-order valence-corrected chi connectivity index (χ4v) is 3.29. The van der Waals surface area contributed by atoms with Crippen LogP contribution in [0.3, 0.4) is 0 Å². The minimum atomic E-state index is -3.64. The number of methoxy groups -OCH3 is 1. The van der Waals surface area contributed by atoms with E-state index in [2.05, 4.69) is 15.0 Å². The maximum absolute atomic E-state index is 12.6. The molecule has 120 valence electrons. The summed E-state index contributed by atoms with van der Waals surface area (Å²) < 4.78 is 32.9. The highest BCUT2D eigenvalue weighted by Gasteiger charge is 2.25. The number of hydrogen-bond acceptors (Lipinski definition) is 5. The molecule has 0 aliphatic carbocycles. The maximum Gasteiger partial charge on any atom is 0.244 e. The summed E-state index contributed by atoms with van der Waals surface area (Å²) in [5, 5.41) is 3.04. The molecule has 0 saturated heterocycles. The van der Waals surface area contributed by atoms with Gasteiger partial charge in [-0.05, 0) is 24.5 Å². The Morgan fingerprint density at radius 3 is 2.67 bits per heavy atom. The van der Waals surface area contributed by atoms with Crippen LogP contribution in [0.15, 0.2) is 23.2 Å².